The molecule has 1 saturated heterocycles. The standard InChI is InChI=1S/C11H10F3NO2S/c12-11(13,14)17-8-3-1-7(2-4-8)15-6-9(18)5-10(15)16/h1-4,9,18H,5-6H2. The van der Waals surface area contributed by atoms with E-state index in [1.54, 1.807) is 0 Å². The number of alkyl halides is 3. The van der Waals surface area contributed by atoms with E-state index in [0.29, 0.717) is 18.7 Å². The Hall–Kier alpha value is -1.37. The van der Waals surface area contributed by atoms with Gasteiger partial charge in [0.1, 0.15) is 5.75 Å². The van der Waals surface area contributed by atoms with E-state index >= 15 is 0 Å². The number of hydrogen-bond donors (Lipinski definition) is 1. The number of benzene rings is 1. The number of ether oxygens (including phenoxy) is 1. The zero-order chi connectivity index (χ0) is 13.3. The van der Waals surface area contributed by atoms with Gasteiger partial charge in [-0.3, -0.25) is 4.79 Å². The molecule has 1 amide bonds. The summed E-state index contributed by atoms with van der Waals surface area (Å²) >= 11 is 4.20. The lowest BCUT2D eigenvalue weighted by atomic mass is 10.3. The first kappa shape index (κ1) is 13.1. The van der Waals surface area contributed by atoms with Gasteiger partial charge in [0.2, 0.25) is 5.91 Å². The maximum absolute atomic E-state index is 12.0. The molecule has 1 atom stereocenters. The number of carbonyl (C=O) groups is 1. The monoisotopic (exact) mass is 277 g/mol. The van der Waals surface area contributed by atoms with Crippen molar-refractivity contribution in [1.29, 1.82) is 0 Å². The normalized spacial score (nSPS) is 20.3. The highest BCUT2D eigenvalue weighted by atomic mass is 32.1. The summed E-state index contributed by atoms with van der Waals surface area (Å²) in [5.74, 6) is -0.389. The van der Waals surface area contributed by atoms with Gasteiger partial charge < -0.3 is 9.64 Å². The summed E-state index contributed by atoms with van der Waals surface area (Å²) in [6, 6.07) is 5.21. The minimum Gasteiger partial charge on any atom is -0.406 e. The molecule has 0 spiro atoms. The van der Waals surface area contributed by atoms with E-state index in [9.17, 15) is 18.0 Å². The summed E-state index contributed by atoms with van der Waals surface area (Å²) in [5, 5.41) is -0.0383. The second-order valence-electron chi connectivity index (χ2n) is 3.90. The van der Waals surface area contributed by atoms with Crippen molar-refractivity contribution in [3.05, 3.63) is 24.3 Å². The predicted octanol–water partition coefficient (Wildman–Crippen LogP) is 2.62. The Labute approximate surface area is 107 Å². The predicted molar refractivity (Wildman–Crippen MR) is 62.9 cm³/mol. The topological polar surface area (TPSA) is 29.5 Å². The zero-order valence-corrected chi connectivity index (χ0v) is 10.0. The largest absolute Gasteiger partial charge is 0.573 e. The van der Waals surface area contributed by atoms with Crippen LogP contribution in [0.15, 0.2) is 24.3 Å². The number of anilines is 1. The molecule has 1 aromatic carbocycles. The summed E-state index contributed by atoms with van der Waals surface area (Å²) in [6.07, 6.45) is -4.37. The first-order valence-corrected chi connectivity index (χ1v) is 5.71. The maximum Gasteiger partial charge on any atom is 0.573 e. The van der Waals surface area contributed by atoms with E-state index < -0.39 is 6.36 Å². The van der Waals surface area contributed by atoms with Gasteiger partial charge in [-0.2, -0.15) is 12.6 Å². The van der Waals surface area contributed by atoms with Crippen molar-refractivity contribution in [3.8, 4) is 5.75 Å². The third-order valence-electron chi connectivity index (χ3n) is 2.49. The summed E-state index contributed by atoms with van der Waals surface area (Å²) < 4.78 is 39.6. The Morgan fingerprint density at radius 2 is 1.89 bits per heavy atom. The summed E-state index contributed by atoms with van der Waals surface area (Å²) in [5.41, 5.74) is 0.547. The molecule has 3 nitrogen and oxygen atoms in total. The van der Waals surface area contributed by atoms with Crippen molar-refractivity contribution in [3.63, 3.8) is 0 Å². The molecule has 0 aromatic heterocycles. The van der Waals surface area contributed by atoms with Gasteiger partial charge >= 0.3 is 6.36 Å². The molecule has 0 N–H and O–H groups in total. The van der Waals surface area contributed by atoms with Crippen LogP contribution in [0.2, 0.25) is 0 Å². The summed E-state index contributed by atoms with van der Waals surface area (Å²) in [4.78, 5) is 13.1. The SMILES string of the molecule is O=C1CC(S)CN1c1ccc(OC(F)(F)F)cc1. The first-order valence-electron chi connectivity index (χ1n) is 5.19. The van der Waals surface area contributed by atoms with Gasteiger partial charge in [-0.1, -0.05) is 0 Å². The third kappa shape index (κ3) is 3.10. The Morgan fingerprint density at radius 1 is 1.28 bits per heavy atom. The smallest absolute Gasteiger partial charge is 0.406 e. The molecule has 18 heavy (non-hydrogen) atoms. The molecule has 7 heteroatoms. The Balaban J connectivity index is 2.11. The fourth-order valence-corrected chi connectivity index (χ4v) is 2.09. The van der Waals surface area contributed by atoms with Gasteiger partial charge in [0.05, 0.1) is 0 Å². The van der Waals surface area contributed by atoms with E-state index in [2.05, 4.69) is 17.4 Å². The number of nitrogens with zero attached hydrogens (tertiary/aromatic N) is 1. The molecule has 1 aliphatic heterocycles. The molecule has 1 heterocycles. The van der Waals surface area contributed by atoms with Crippen LogP contribution in [0.4, 0.5) is 18.9 Å². The fourth-order valence-electron chi connectivity index (χ4n) is 1.77. The van der Waals surface area contributed by atoms with Gasteiger partial charge in [-0.25, -0.2) is 0 Å². The average Bonchev–Trinajstić information content (AvgIpc) is 2.57. The van der Waals surface area contributed by atoms with E-state index in [1.807, 2.05) is 0 Å². The quantitative estimate of drug-likeness (QED) is 0.842. The van der Waals surface area contributed by atoms with Crippen LogP contribution in [0.1, 0.15) is 6.42 Å². The van der Waals surface area contributed by atoms with Gasteiger partial charge in [0.15, 0.2) is 0 Å². The summed E-state index contributed by atoms with van der Waals surface area (Å²) in [7, 11) is 0. The van der Waals surface area contributed by atoms with Crippen LogP contribution in [-0.2, 0) is 4.79 Å². The highest BCUT2D eigenvalue weighted by Gasteiger charge is 2.31. The van der Waals surface area contributed by atoms with Crippen molar-refractivity contribution in [2.75, 3.05) is 11.4 Å². The molecule has 0 saturated carbocycles. The minimum atomic E-state index is -4.71. The van der Waals surface area contributed by atoms with Gasteiger partial charge in [0.25, 0.3) is 0 Å². The van der Waals surface area contributed by atoms with Crippen LogP contribution in [0.3, 0.4) is 0 Å². The number of hydrogen-bond acceptors (Lipinski definition) is 3. The second kappa shape index (κ2) is 4.72. The fraction of sp³-hybridized carbons (Fsp3) is 0.364. The first-order chi connectivity index (χ1) is 8.35. The molecular formula is C11H10F3NO2S. The van der Waals surface area contributed by atoms with Crippen LogP contribution in [0, 0.1) is 0 Å². The molecule has 0 bridgehead atoms. The van der Waals surface area contributed by atoms with Crippen LogP contribution >= 0.6 is 12.6 Å². The molecular weight excluding hydrogens is 267 g/mol. The Bertz CT molecular complexity index is 447. The lowest BCUT2D eigenvalue weighted by Gasteiger charge is -2.16. The number of carbonyl (C=O) groups excluding carboxylic acids is 1. The zero-order valence-electron chi connectivity index (χ0n) is 9.15. The Kier molecular flexibility index (Phi) is 3.43. The van der Waals surface area contributed by atoms with Crippen molar-refractivity contribution in [2.45, 2.75) is 18.0 Å². The minimum absolute atomic E-state index is 0.0383. The summed E-state index contributed by atoms with van der Waals surface area (Å²) in [6.45, 7) is 0.460. The number of halogens is 3. The Morgan fingerprint density at radius 3 is 2.33 bits per heavy atom. The molecule has 98 valence electrons. The molecule has 0 aliphatic carbocycles. The number of amides is 1. The van der Waals surface area contributed by atoms with Gasteiger partial charge in [-0.05, 0) is 24.3 Å². The molecule has 1 fully saturated rings. The van der Waals surface area contributed by atoms with E-state index in [0.717, 1.165) is 0 Å². The van der Waals surface area contributed by atoms with Gasteiger partial charge in [-0.15, -0.1) is 13.2 Å². The number of rotatable bonds is 2. The second-order valence-corrected chi connectivity index (χ2v) is 4.63. The van der Waals surface area contributed by atoms with Crippen LogP contribution in [0.25, 0.3) is 0 Å². The van der Waals surface area contributed by atoms with E-state index in [-0.39, 0.29) is 16.9 Å². The molecule has 0 radical (unpaired) electrons. The molecule has 1 aromatic rings. The van der Waals surface area contributed by atoms with Crippen molar-refractivity contribution in [2.24, 2.45) is 0 Å². The van der Waals surface area contributed by atoms with Crippen molar-refractivity contribution in [1.82, 2.24) is 0 Å². The molecule has 1 aliphatic rings. The van der Waals surface area contributed by atoms with Crippen molar-refractivity contribution < 1.29 is 22.7 Å². The van der Waals surface area contributed by atoms with E-state index in [4.69, 9.17) is 0 Å². The van der Waals surface area contributed by atoms with Crippen molar-refractivity contribution >= 4 is 24.2 Å². The maximum atomic E-state index is 12.0. The van der Waals surface area contributed by atoms with Crippen LogP contribution < -0.4 is 9.64 Å². The highest BCUT2D eigenvalue weighted by molar-refractivity contribution is 7.81. The van der Waals surface area contributed by atoms with Gasteiger partial charge in [0, 0.05) is 23.9 Å². The average molecular weight is 277 g/mol. The third-order valence-corrected chi connectivity index (χ3v) is 2.83. The van der Waals surface area contributed by atoms with Crippen LogP contribution in [0.5, 0.6) is 5.75 Å². The molecule has 1 unspecified atom stereocenters. The lowest BCUT2D eigenvalue weighted by Crippen LogP contribution is -2.24. The number of thiol groups is 1. The lowest BCUT2D eigenvalue weighted by molar-refractivity contribution is -0.274. The molecule has 2 rings (SSSR count). The highest BCUT2D eigenvalue weighted by Crippen LogP contribution is 2.28. The van der Waals surface area contributed by atoms with E-state index in [1.165, 1.54) is 29.2 Å². The van der Waals surface area contributed by atoms with Crippen LogP contribution in [-0.4, -0.2) is 24.1 Å².